The lowest BCUT2D eigenvalue weighted by Gasteiger charge is -2.44. The van der Waals surface area contributed by atoms with Gasteiger partial charge in [-0.15, -0.1) is 0 Å². The minimum atomic E-state index is -5.12. The van der Waals surface area contributed by atoms with Gasteiger partial charge in [-0.3, -0.25) is 18.9 Å². The van der Waals surface area contributed by atoms with Gasteiger partial charge in [0.2, 0.25) is 5.91 Å². The number of carbonyl (C=O) groups excluding carboxylic acids is 3. The molecular weight excluding hydrogens is 827 g/mol. The number of aliphatic hydroxyl groups is 1. The van der Waals surface area contributed by atoms with E-state index in [4.69, 9.17) is 23.1 Å². The summed E-state index contributed by atoms with van der Waals surface area (Å²) in [6.45, 7) is 5.88. The maximum Gasteiger partial charge on any atom is 0.397 e. The smallest absolute Gasteiger partial charge is 0.397 e. The van der Waals surface area contributed by atoms with E-state index in [1.165, 1.54) is 123 Å². The molecule has 14 heteroatoms. The number of aliphatic hydroxyl groups excluding tert-OH is 1. The Bertz CT molecular complexity index is 1240. The third kappa shape index (κ3) is 31.7. The third-order valence-corrected chi connectivity index (χ3v) is 12.7. The van der Waals surface area contributed by atoms with Crippen LogP contribution in [0.25, 0.3) is 0 Å². The summed E-state index contributed by atoms with van der Waals surface area (Å²) >= 11 is 0. The van der Waals surface area contributed by atoms with Gasteiger partial charge in [0.05, 0.1) is 13.0 Å². The topological polar surface area (TPSA) is 184 Å². The van der Waals surface area contributed by atoms with E-state index in [1.54, 1.807) is 0 Å². The molecule has 0 aromatic heterocycles. The van der Waals surface area contributed by atoms with Gasteiger partial charge >= 0.3 is 22.3 Å². The second kappa shape index (κ2) is 39.3. The standard InChI is InChI=1S/C49H93NO12S/c1-5-8-11-14-17-20-22-25-28-31-34-37-44(53)59-41(36-33-30-27-24-19-16-13-10-7-3)39-43(52)50-46-48(47(62-63(55,56)57)42(40-51)60-49(46)58-4)61-45(54)38-35-32-29-26-23-21-18-15-12-9-6-2/h41-42,46-49,51H,5-40H2,1-4H3,(H,50,52)(H,55,56,57)/t41?,42-,46-,47-,48-,49-/m1/s1. The summed E-state index contributed by atoms with van der Waals surface area (Å²) in [6.07, 6.45) is 28.9. The summed E-state index contributed by atoms with van der Waals surface area (Å²) < 4.78 is 61.7. The van der Waals surface area contributed by atoms with Crippen molar-refractivity contribution in [2.45, 2.75) is 282 Å². The first-order chi connectivity index (χ1) is 30.5. The maximum absolute atomic E-state index is 13.8. The number of nitrogens with one attached hydrogen (secondary N) is 1. The summed E-state index contributed by atoms with van der Waals surface area (Å²) in [4.78, 5) is 40.2. The van der Waals surface area contributed by atoms with Gasteiger partial charge in [-0.1, -0.05) is 201 Å². The normalized spacial score (nSPS) is 19.5. The predicted molar refractivity (Wildman–Crippen MR) is 249 cm³/mol. The van der Waals surface area contributed by atoms with Crippen LogP contribution < -0.4 is 5.32 Å². The largest absolute Gasteiger partial charge is 0.462 e. The lowest BCUT2D eigenvalue weighted by atomic mass is 9.96. The second-order valence-electron chi connectivity index (χ2n) is 18.0. The number of unbranched alkanes of at least 4 members (excludes halogenated alkanes) is 28. The van der Waals surface area contributed by atoms with Gasteiger partial charge in [-0.25, -0.2) is 4.18 Å². The van der Waals surface area contributed by atoms with Gasteiger partial charge in [0, 0.05) is 20.0 Å². The molecule has 0 radical (unpaired) electrons. The van der Waals surface area contributed by atoms with Crippen molar-refractivity contribution in [1.29, 1.82) is 0 Å². The zero-order valence-corrected chi connectivity index (χ0v) is 41.1. The van der Waals surface area contributed by atoms with Crippen LogP contribution in [-0.2, 0) is 47.9 Å². The van der Waals surface area contributed by atoms with Crippen LogP contribution in [0.5, 0.6) is 0 Å². The molecule has 1 heterocycles. The number of ether oxygens (including phenoxy) is 4. The van der Waals surface area contributed by atoms with E-state index in [0.29, 0.717) is 19.3 Å². The molecule has 0 aromatic carbocycles. The molecule has 1 amide bonds. The monoisotopic (exact) mass is 920 g/mol. The average molecular weight is 920 g/mol. The van der Waals surface area contributed by atoms with Crippen LogP contribution in [0.2, 0.25) is 0 Å². The molecular formula is C49H93NO12S. The summed E-state index contributed by atoms with van der Waals surface area (Å²) in [7, 11) is -3.82. The van der Waals surface area contributed by atoms with E-state index in [1.807, 2.05) is 0 Å². The summed E-state index contributed by atoms with van der Waals surface area (Å²) in [5.41, 5.74) is 0. The Morgan fingerprint density at radius 3 is 1.38 bits per heavy atom. The lowest BCUT2D eigenvalue weighted by molar-refractivity contribution is -0.262. The number of rotatable bonds is 43. The predicted octanol–water partition coefficient (Wildman–Crippen LogP) is 11.6. The highest BCUT2D eigenvalue weighted by molar-refractivity contribution is 7.80. The van der Waals surface area contributed by atoms with Gasteiger partial charge < -0.3 is 29.4 Å². The van der Waals surface area contributed by atoms with Crippen molar-refractivity contribution in [2.24, 2.45) is 0 Å². The highest BCUT2D eigenvalue weighted by atomic mass is 32.3. The van der Waals surface area contributed by atoms with Gasteiger partial charge in [-0.2, -0.15) is 8.42 Å². The van der Waals surface area contributed by atoms with Gasteiger partial charge in [0.15, 0.2) is 12.4 Å². The highest BCUT2D eigenvalue weighted by Gasteiger charge is 2.51. The van der Waals surface area contributed by atoms with E-state index >= 15 is 0 Å². The molecule has 1 unspecified atom stereocenters. The van der Waals surface area contributed by atoms with Crippen LogP contribution in [0.15, 0.2) is 0 Å². The highest BCUT2D eigenvalue weighted by Crippen LogP contribution is 2.29. The Balaban J connectivity index is 2.94. The summed E-state index contributed by atoms with van der Waals surface area (Å²) in [5.74, 6) is -1.57. The lowest BCUT2D eigenvalue weighted by Crippen LogP contribution is -2.66. The zero-order chi connectivity index (χ0) is 46.4. The molecule has 6 atom stereocenters. The van der Waals surface area contributed by atoms with Crippen LogP contribution in [0.1, 0.15) is 245 Å². The Labute approximate surface area is 383 Å². The molecule has 0 spiro atoms. The average Bonchev–Trinajstić information content (AvgIpc) is 3.24. The maximum atomic E-state index is 13.8. The molecule has 372 valence electrons. The molecule has 13 nitrogen and oxygen atoms in total. The van der Waals surface area contributed by atoms with Crippen molar-refractivity contribution in [3.05, 3.63) is 0 Å². The molecule has 63 heavy (non-hydrogen) atoms. The number of amides is 1. The van der Waals surface area contributed by atoms with Gasteiger partial charge in [0.1, 0.15) is 24.4 Å². The first-order valence-corrected chi connectivity index (χ1v) is 27.0. The molecule has 0 aromatic rings. The Hall–Kier alpha value is -1.84. The van der Waals surface area contributed by atoms with Crippen molar-refractivity contribution in [3.63, 3.8) is 0 Å². The fraction of sp³-hybridized carbons (Fsp3) is 0.939. The van der Waals surface area contributed by atoms with Crippen LogP contribution in [0, 0.1) is 0 Å². The molecule has 1 fully saturated rings. The van der Waals surface area contributed by atoms with E-state index in [-0.39, 0.29) is 25.2 Å². The van der Waals surface area contributed by atoms with Gasteiger partial charge in [-0.05, 0) is 25.7 Å². The fourth-order valence-electron chi connectivity index (χ4n) is 8.46. The minimum Gasteiger partial charge on any atom is -0.462 e. The Kier molecular flexibility index (Phi) is 37.0. The molecule has 0 bridgehead atoms. The first-order valence-electron chi connectivity index (χ1n) is 25.6. The molecule has 1 aliphatic rings. The molecule has 1 aliphatic heterocycles. The van der Waals surface area contributed by atoms with Crippen molar-refractivity contribution in [2.75, 3.05) is 13.7 Å². The number of esters is 2. The van der Waals surface area contributed by atoms with Crippen LogP contribution in [0.3, 0.4) is 0 Å². The van der Waals surface area contributed by atoms with Crippen molar-refractivity contribution in [3.8, 4) is 0 Å². The molecule has 1 rings (SSSR count). The molecule has 0 aliphatic carbocycles. The Morgan fingerprint density at radius 1 is 0.587 bits per heavy atom. The molecule has 0 saturated carbocycles. The minimum absolute atomic E-state index is 0.0327. The SMILES string of the molecule is CCCCCCCCCCCCCC(=O)OC(CCCCCCCCCCC)CC(=O)N[C@H]1[C@H](OC)O[C@H](CO)[C@@H](OS(=O)(=O)O)[C@@H]1OC(=O)CCCCCCCCCCCCC. The Morgan fingerprint density at radius 2 is 0.984 bits per heavy atom. The zero-order valence-electron chi connectivity index (χ0n) is 40.3. The van der Waals surface area contributed by atoms with Crippen molar-refractivity contribution < 1.29 is 55.6 Å². The van der Waals surface area contributed by atoms with Crippen LogP contribution >= 0.6 is 0 Å². The number of hydrogen-bond donors (Lipinski definition) is 3. The van der Waals surface area contributed by atoms with E-state index in [9.17, 15) is 32.5 Å². The van der Waals surface area contributed by atoms with Crippen LogP contribution in [0.4, 0.5) is 0 Å². The second-order valence-corrected chi connectivity index (χ2v) is 19.0. The van der Waals surface area contributed by atoms with E-state index < -0.39 is 65.6 Å². The van der Waals surface area contributed by atoms with Crippen LogP contribution in [-0.4, -0.2) is 86.4 Å². The molecule has 1 saturated heterocycles. The summed E-state index contributed by atoms with van der Waals surface area (Å²) in [5, 5.41) is 12.9. The number of methoxy groups -OCH3 is 1. The van der Waals surface area contributed by atoms with E-state index in [2.05, 4.69) is 26.1 Å². The van der Waals surface area contributed by atoms with Crippen molar-refractivity contribution in [1.82, 2.24) is 5.32 Å². The number of hydrogen-bond acceptors (Lipinski definition) is 11. The summed E-state index contributed by atoms with van der Waals surface area (Å²) in [6, 6.07) is -1.29. The fourth-order valence-corrected chi connectivity index (χ4v) is 8.98. The third-order valence-electron chi connectivity index (χ3n) is 12.2. The first kappa shape index (κ1) is 59.2. The van der Waals surface area contributed by atoms with Gasteiger partial charge in [0.25, 0.3) is 0 Å². The number of carbonyl (C=O) groups is 3. The quantitative estimate of drug-likeness (QED) is 0.0299. The van der Waals surface area contributed by atoms with Crippen molar-refractivity contribution >= 4 is 28.2 Å². The van der Waals surface area contributed by atoms with E-state index in [0.717, 1.165) is 70.6 Å². The molecule has 3 N–H and O–H groups in total.